The Labute approximate surface area is 132 Å². The van der Waals surface area contributed by atoms with Crippen LogP contribution in [0, 0.1) is 13.8 Å². The van der Waals surface area contributed by atoms with Crippen LogP contribution in [0.15, 0.2) is 29.3 Å². The Bertz CT molecular complexity index is 590. The molecule has 1 aromatic carbocycles. The summed E-state index contributed by atoms with van der Waals surface area (Å²) in [5.74, 6) is 0.992. The summed E-state index contributed by atoms with van der Waals surface area (Å²) in [5, 5.41) is 9.35. The van der Waals surface area contributed by atoms with Crippen LogP contribution in [0.3, 0.4) is 0 Å². The highest BCUT2D eigenvalue weighted by atomic mass is 32.2. The summed E-state index contributed by atoms with van der Waals surface area (Å²) in [5.41, 5.74) is 5.22. The minimum atomic E-state index is 0.906. The van der Waals surface area contributed by atoms with E-state index in [9.17, 15) is 0 Å². The van der Waals surface area contributed by atoms with Gasteiger partial charge in [-0.2, -0.15) is 5.10 Å². The van der Waals surface area contributed by atoms with Gasteiger partial charge in [0.05, 0.1) is 10.7 Å². The molecule has 2 rings (SSSR count). The van der Waals surface area contributed by atoms with Crippen LogP contribution in [-0.4, -0.2) is 16.3 Å². The topological polar surface area (TPSA) is 29.9 Å². The van der Waals surface area contributed by atoms with Crippen LogP contribution in [0.25, 0.3) is 0 Å². The number of hydrogen-bond acceptors (Lipinski definition) is 3. The van der Waals surface area contributed by atoms with Crippen molar-refractivity contribution < 1.29 is 0 Å². The maximum Gasteiger partial charge on any atom is 0.0987 e. The van der Waals surface area contributed by atoms with Gasteiger partial charge in [-0.1, -0.05) is 31.2 Å². The summed E-state index contributed by atoms with van der Waals surface area (Å²) < 4.78 is 2.02. The molecule has 0 spiro atoms. The third-order valence-corrected chi connectivity index (χ3v) is 4.88. The van der Waals surface area contributed by atoms with Crippen LogP contribution >= 0.6 is 11.8 Å². The SMILES string of the molecule is CCCNCc1c(C)nn(C)c1SCc1ccccc1C. The zero-order chi connectivity index (χ0) is 15.2. The highest BCUT2D eigenvalue weighted by Gasteiger charge is 2.13. The van der Waals surface area contributed by atoms with Crippen LogP contribution in [-0.2, 0) is 19.3 Å². The first-order valence-electron chi connectivity index (χ1n) is 7.54. The van der Waals surface area contributed by atoms with Gasteiger partial charge in [-0.3, -0.25) is 4.68 Å². The Morgan fingerprint density at radius 2 is 2.00 bits per heavy atom. The van der Waals surface area contributed by atoms with Crippen molar-refractivity contribution in [1.82, 2.24) is 15.1 Å². The number of nitrogens with zero attached hydrogens (tertiary/aromatic N) is 2. The lowest BCUT2D eigenvalue weighted by atomic mass is 10.1. The van der Waals surface area contributed by atoms with E-state index < -0.39 is 0 Å². The molecule has 1 heterocycles. The average molecular weight is 303 g/mol. The highest BCUT2D eigenvalue weighted by molar-refractivity contribution is 7.98. The molecule has 114 valence electrons. The zero-order valence-electron chi connectivity index (χ0n) is 13.4. The smallest absolute Gasteiger partial charge is 0.0987 e. The van der Waals surface area contributed by atoms with Gasteiger partial charge in [0, 0.05) is 24.9 Å². The van der Waals surface area contributed by atoms with Crippen molar-refractivity contribution in [2.24, 2.45) is 7.05 Å². The number of thioether (sulfide) groups is 1. The maximum absolute atomic E-state index is 4.58. The molecule has 0 amide bonds. The molecule has 4 heteroatoms. The van der Waals surface area contributed by atoms with Gasteiger partial charge < -0.3 is 5.32 Å². The molecule has 0 saturated carbocycles. The number of benzene rings is 1. The van der Waals surface area contributed by atoms with E-state index in [4.69, 9.17) is 0 Å². The van der Waals surface area contributed by atoms with E-state index in [2.05, 4.69) is 55.5 Å². The first-order chi connectivity index (χ1) is 10.1. The van der Waals surface area contributed by atoms with Gasteiger partial charge in [0.15, 0.2) is 0 Å². The summed E-state index contributed by atoms with van der Waals surface area (Å²) >= 11 is 1.88. The van der Waals surface area contributed by atoms with Gasteiger partial charge in [-0.05, 0) is 37.9 Å². The second-order valence-electron chi connectivity index (χ2n) is 5.38. The number of hydrogen-bond donors (Lipinski definition) is 1. The molecule has 3 nitrogen and oxygen atoms in total. The lowest BCUT2D eigenvalue weighted by molar-refractivity contribution is 0.653. The van der Waals surface area contributed by atoms with E-state index in [0.29, 0.717) is 0 Å². The van der Waals surface area contributed by atoms with Crippen LogP contribution in [0.2, 0.25) is 0 Å². The van der Waals surface area contributed by atoms with E-state index in [1.165, 1.54) is 21.7 Å². The van der Waals surface area contributed by atoms with Crippen LogP contribution in [0.4, 0.5) is 0 Å². The molecule has 0 fully saturated rings. The van der Waals surface area contributed by atoms with Gasteiger partial charge >= 0.3 is 0 Å². The Balaban J connectivity index is 2.10. The maximum atomic E-state index is 4.58. The average Bonchev–Trinajstić information content (AvgIpc) is 2.73. The summed E-state index contributed by atoms with van der Waals surface area (Å²) in [4.78, 5) is 0. The molecule has 0 atom stereocenters. The molecule has 1 aromatic heterocycles. The highest BCUT2D eigenvalue weighted by Crippen LogP contribution is 2.28. The van der Waals surface area contributed by atoms with Gasteiger partial charge in [0.2, 0.25) is 0 Å². The molecule has 0 aliphatic rings. The number of nitrogens with one attached hydrogen (secondary N) is 1. The van der Waals surface area contributed by atoms with Crippen molar-refractivity contribution in [2.45, 2.75) is 44.5 Å². The summed E-state index contributed by atoms with van der Waals surface area (Å²) in [6.45, 7) is 8.42. The standard InChI is InChI=1S/C17H25N3S/c1-5-10-18-11-16-14(3)19-20(4)17(16)21-12-15-9-7-6-8-13(15)2/h6-9,18H,5,10-12H2,1-4H3. The Hall–Kier alpha value is -1.26. The molecule has 21 heavy (non-hydrogen) atoms. The molecule has 0 radical (unpaired) electrons. The quantitative estimate of drug-likeness (QED) is 0.623. The predicted molar refractivity (Wildman–Crippen MR) is 90.7 cm³/mol. The predicted octanol–water partition coefficient (Wildman–Crippen LogP) is 3.83. The molecule has 1 N–H and O–H groups in total. The fourth-order valence-corrected chi connectivity index (χ4v) is 3.61. The Morgan fingerprint density at radius 1 is 1.24 bits per heavy atom. The lowest BCUT2D eigenvalue weighted by Crippen LogP contribution is -2.14. The molecule has 0 bridgehead atoms. The van der Waals surface area contributed by atoms with E-state index >= 15 is 0 Å². The summed E-state index contributed by atoms with van der Waals surface area (Å²) in [6, 6.07) is 8.59. The third kappa shape index (κ3) is 4.11. The van der Waals surface area contributed by atoms with Crippen molar-refractivity contribution >= 4 is 11.8 Å². The van der Waals surface area contributed by atoms with Crippen molar-refractivity contribution in [1.29, 1.82) is 0 Å². The fourth-order valence-electron chi connectivity index (χ4n) is 2.37. The molecule has 2 aromatic rings. The summed E-state index contributed by atoms with van der Waals surface area (Å²) in [6.07, 6.45) is 1.16. The van der Waals surface area contributed by atoms with Gasteiger partial charge in [-0.15, -0.1) is 11.8 Å². The number of aromatic nitrogens is 2. The van der Waals surface area contributed by atoms with Crippen LogP contribution in [0.1, 0.15) is 35.7 Å². The lowest BCUT2D eigenvalue weighted by Gasteiger charge is -2.09. The molecule has 0 saturated heterocycles. The summed E-state index contributed by atoms with van der Waals surface area (Å²) in [7, 11) is 2.04. The van der Waals surface area contributed by atoms with Gasteiger partial charge in [0.1, 0.15) is 0 Å². The second-order valence-corrected chi connectivity index (χ2v) is 6.35. The Morgan fingerprint density at radius 3 is 2.71 bits per heavy atom. The monoisotopic (exact) mass is 303 g/mol. The number of aryl methyl sites for hydroxylation is 3. The zero-order valence-corrected chi connectivity index (χ0v) is 14.3. The molecular weight excluding hydrogens is 278 g/mol. The van der Waals surface area contributed by atoms with Crippen LogP contribution in [0.5, 0.6) is 0 Å². The molecule has 0 aliphatic heterocycles. The Kier molecular flexibility index (Phi) is 5.88. The van der Waals surface area contributed by atoms with E-state index in [0.717, 1.165) is 31.0 Å². The van der Waals surface area contributed by atoms with E-state index in [-0.39, 0.29) is 0 Å². The first kappa shape index (κ1) is 16.1. The van der Waals surface area contributed by atoms with Gasteiger partial charge in [-0.25, -0.2) is 0 Å². The molecule has 0 unspecified atom stereocenters. The van der Waals surface area contributed by atoms with Crippen molar-refractivity contribution in [3.63, 3.8) is 0 Å². The van der Waals surface area contributed by atoms with E-state index in [1.807, 2.05) is 23.5 Å². The number of rotatable bonds is 7. The van der Waals surface area contributed by atoms with E-state index in [1.54, 1.807) is 0 Å². The van der Waals surface area contributed by atoms with Crippen molar-refractivity contribution in [3.8, 4) is 0 Å². The minimum Gasteiger partial charge on any atom is -0.313 e. The van der Waals surface area contributed by atoms with Crippen LogP contribution < -0.4 is 5.32 Å². The molecular formula is C17H25N3S. The third-order valence-electron chi connectivity index (χ3n) is 3.64. The largest absolute Gasteiger partial charge is 0.313 e. The second kappa shape index (κ2) is 7.66. The van der Waals surface area contributed by atoms with Crippen molar-refractivity contribution in [3.05, 3.63) is 46.6 Å². The minimum absolute atomic E-state index is 0.906. The normalized spacial score (nSPS) is 11.0. The first-order valence-corrected chi connectivity index (χ1v) is 8.52. The van der Waals surface area contributed by atoms with Crippen molar-refractivity contribution in [2.75, 3.05) is 6.54 Å². The molecule has 0 aliphatic carbocycles. The van der Waals surface area contributed by atoms with Gasteiger partial charge in [0.25, 0.3) is 0 Å². The fraction of sp³-hybridized carbons (Fsp3) is 0.471.